The number of hydrogen-bond acceptors (Lipinski definition) is 3. The Bertz CT molecular complexity index is 415. The van der Waals surface area contributed by atoms with E-state index in [4.69, 9.17) is 4.74 Å². The Morgan fingerprint density at radius 1 is 1.09 bits per heavy atom. The molecule has 0 aromatic carbocycles. The van der Waals surface area contributed by atoms with Crippen LogP contribution in [0.2, 0.25) is 0 Å². The lowest BCUT2D eigenvalue weighted by Crippen LogP contribution is -2.60. The minimum absolute atomic E-state index is 0.00207. The van der Waals surface area contributed by atoms with Crippen molar-refractivity contribution in [3.8, 4) is 0 Å². The third-order valence-electron chi connectivity index (χ3n) is 6.40. The summed E-state index contributed by atoms with van der Waals surface area (Å²) < 4.78 is 6.09. The first-order chi connectivity index (χ1) is 10.2. The number of rotatable bonds is 4. The summed E-state index contributed by atoms with van der Waals surface area (Å²) in [4.78, 5) is 15.5. The molecule has 0 bridgehead atoms. The van der Waals surface area contributed by atoms with Gasteiger partial charge in [0.25, 0.3) is 0 Å². The number of esters is 1. The van der Waals surface area contributed by atoms with Crippen molar-refractivity contribution in [3.63, 3.8) is 0 Å². The summed E-state index contributed by atoms with van der Waals surface area (Å²) >= 11 is 0. The third-order valence-corrected chi connectivity index (χ3v) is 6.40. The number of likely N-dealkylation sites (tertiary alicyclic amines) is 1. The van der Waals surface area contributed by atoms with Crippen molar-refractivity contribution in [2.24, 2.45) is 10.8 Å². The normalized spacial score (nSPS) is 25.0. The van der Waals surface area contributed by atoms with Crippen LogP contribution in [0.15, 0.2) is 0 Å². The Labute approximate surface area is 144 Å². The van der Waals surface area contributed by atoms with Crippen LogP contribution in [0.5, 0.6) is 0 Å². The summed E-state index contributed by atoms with van der Waals surface area (Å²) in [6.45, 7) is 19.6. The Morgan fingerprint density at radius 3 is 1.87 bits per heavy atom. The van der Waals surface area contributed by atoms with Gasteiger partial charge in [-0.2, -0.15) is 0 Å². The molecule has 0 saturated carbocycles. The number of piperidine rings is 1. The quantitative estimate of drug-likeness (QED) is 0.679. The van der Waals surface area contributed by atoms with Crippen LogP contribution in [0.1, 0.15) is 88.0 Å². The van der Waals surface area contributed by atoms with E-state index in [2.05, 4.69) is 74.3 Å². The first-order valence-electron chi connectivity index (χ1n) is 9.12. The molecule has 1 aliphatic rings. The second kappa shape index (κ2) is 6.38. The minimum Gasteiger partial charge on any atom is -0.462 e. The smallest absolute Gasteiger partial charge is 0.312 e. The molecule has 0 aliphatic carbocycles. The van der Waals surface area contributed by atoms with Crippen molar-refractivity contribution < 1.29 is 9.53 Å². The standard InChI is InChI=1S/C20H39NO2/c1-11-12-20(9,17(2,3)4)16(22)23-15-13-18(5,6)21(10)19(7,8)14-15/h15H,11-14H2,1-10H3. The summed E-state index contributed by atoms with van der Waals surface area (Å²) in [5, 5.41) is 0. The molecule has 0 aromatic rings. The summed E-state index contributed by atoms with van der Waals surface area (Å²) in [7, 11) is 2.17. The average Bonchev–Trinajstić information content (AvgIpc) is 2.33. The van der Waals surface area contributed by atoms with E-state index >= 15 is 0 Å². The van der Waals surface area contributed by atoms with Crippen molar-refractivity contribution >= 4 is 5.97 Å². The van der Waals surface area contributed by atoms with Crippen LogP contribution in [0.3, 0.4) is 0 Å². The van der Waals surface area contributed by atoms with Gasteiger partial charge >= 0.3 is 5.97 Å². The molecule has 1 heterocycles. The second-order valence-electron chi connectivity index (χ2n) is 9.95. The van der Waals surface area contributed by atoms with Crippen LogP contribution in [0, 0.1) is 10.8 Å². The van der Waals surface area contributed by atoms with Gasteiger partial charge in [0.15, 0.2) is 0 Å². The van der Waals surface area contributed by atoms with Crippen molar-refractivity contribution in [1.29, 1.82) is 0 Å². The summed E-state index contributed by atoms with van der Waals surface area (Å²) in [6.07, 6.45) is 3.65. The molecule has 3 nitrogen and oxygen atoms in total. The number of nitrogens with zero attached hydrogens (tertiary/aromatic N) is 1. The maximum atomic E-state index is 13.0. The van der Waals surface area contributed by atoms with Crippen LogP contribution in [-0.2, 0) is 9.53 Å². The fourth-order valence-corrected chi connectivity index (χ4v) is 3.93. The topological polar surface area (TPSA) is 29.5 Å². The summed E-state index contributed by atoms with van der Waals surface area (Å²) in [5.74, 6) is -0.0204. The minimum atomic E-state index is -0.431. The molecule has 23 heavy (non-hydrogen) atoms. The average molecular weight is 326 g/mol. The molecule has 136 valence electrons. The van der Waals surface area contributed by atoms with Gasteiger partial charge in [0, 0.05) is 23.9 Å². The number of carbonyl (C=O) groups is 1. The second-order valence-corrected chi connectivity index (χ2v) is 9.95. The van der Waals surface area contributed by atoms with E-state index < -0.39 is 5.41 Å². The third kappa shape index (κ3) is 4.10. The van der Waals surface area contributed by atoms with Gasteiger partial charge in [-0.1, -0.05) is 34.1 Å². The van der Waals surface area contributed by atoms with E-state index in [1.807, 2.05) is 0 Å². The molecule has 0 N–H and O–H groups in total. The van der Waals surface area contributed by atoms with Gasteiger partial charge in [-0.3, -0.25) is 9.69 Å². The van der Waals surface area contributed by atoms with E-state index in [0.717, 1.165) is 25.7 Å². The molecule has 1 rings (SSSR count). The maximum Gasteiger partial charge on any atom is 0.312 e. The van der Waals surface area contributed by atoms with E-state index in [1.54, 1.807) is 0 Å². The van der Waals surface area contributed by atoms with Crippen molar-refractivity contribution in [3.05, 3.63) is 0 Å². The highest BCUT2D eigenvalue weighted by molar-refractivity contribution is 5.77. The Hall–Kier alpha value is -0.570. The van der Waals surface area contributed by atoms with Gasteiger partial charge in [-0.05, 0) is 53.5 Å². The predicted octanol–water partition coefficient (Wildman–Crippen LogP) is 5.03. The van der Waals surface area contributed by atoms with Crippen molar-refractivity contribution in [2.45, 2.75) is 105 Å². The van der Waals surface area contributed by atoms with Crippen molar-refractivity contribution in [1.82, 2.24) is 4.90 Å². The lowest BCUT2D eigenvalue weighted by atomic mass is 9.65. The highest BCUT2D eigenvalue weighted by Gasteiger charge is 2.48. The molecule has 0 aromatic heterocycles. The van der Waals surface area contributed by atoms with Gasteiger partial charge in [0.2, 0.25) is 0 Å². The van der Waals surface area contributed by atoms with Crippen LogP contribution in [0.4, 0.5) is 0 Å². The zero-order valence-corrected chi connectivity index (χ0v) is 17.2. The molecular formula is C20H39NO2. The Morgan fingerprint density at radius 2 is 1.52 bits per heavy atom. The van der Waals surface area contributed by atoms with Crippen LogP contribution in [-0.4, -0.2) is 35.1 Å². The number of hydrogen-bond donors (Lipinski definition) is 0. The van der Waals surface area contributed by atoms with E-state index in [9.17, 15) is 4.79 Å². The molecule has 1 aliphatic heterocycles. The summed E-state index contributed by atoms with van der Waals surface area (Å²) in [6, 6.07) is 0. The maximum absolute atomic E-state index is 13.0. The molecule has 0 spiro atoms. The fourth-order valence-electron chi connectivity index (χ4n) is 3.93. The van der Waals surface area contributed by atoms with Crippen molar-refractivity contribution in [2.75, 3.05) is 7.05 Å². The zero-order valence-electron chi connectivity index (χ0n) is 17.2. The van der Waals surface area contributed by atoms with Crippen LogP contribution >= 0.6 is 0 Å². The first kappa shape index (κ1) is 20.5. The lowest BCUT2D eigenvalue weighted by Gasteiger charge is -2.53. The zero-order chi connectivity index (χ0) is 18.3. The fraction of sp³-hybridized carbons (Fsp3) is 0.950. The molecular weight excluding hydrogens is 286 g/mol. The van der Waals surface area contributed by atoms with Gasteiger partial charge in [0.1, 0.15) is 6.10 Å². The molecule has 1 unspecified atom stereocenters. The molecule has 1 saturated heterocycles. The van der Waals surface area contributed by atoms with Gasteiger partial charge < -0.3 is 4.74 Å². The molecule has 0 radical (unpaired) electrons. The largest absolute Gasteiger partial charge is 0.462 e. The summed E-state index contributed by atoms with van der Waals surface area (Å²) in [5.41, 5.74) is -0.457. The van der Waals surface area contributed by atoms with Crippen LogP contribution in [0.25, 0.3) is 0 Å². The number of ether oxygens (including phenoxy) is 1. The van der Waals surface area contributed by atoms with Crippen LogP contribution < -0.4 is 0 Å². The van der Waals surface area contributed by atoms with Gasteiger partial charge in [-0.25, -0.2) is 0 Å². The SMILES string of the molecule is CCCC(C)(C(=O)OC1CC(C)(C)N(C)C(C)(C)C1)C(C)(C)C. The molecule has 0 amide bonds. The molecule has 1 fully saturated rings. The highest BCUT2D eigenvalue weighted by atomic mass is 16.5. The van der Waals surface area contributed by atoms with Gasteiger partial charge in [0.05, 0.1) is 5.41 Å². The molecule has 1 atom stereocenters. The Kier molecular flexibility index (Phi) is 5.68. The lowest BCUT2D eigenvalue weighted by molar-refractivity contribution is -0.177. The predicted molar refractivity (Wildman–Crippen MR) is 97.5 cm³/mol. The number of carbonyl (C=O) groups excluding carboxylic acids is 1. The Balaban J connectivity index is 2.96. The van der Waals surface area contributed by atoms with E-state index in [0.29, 0.717) is 0 Å². The van der Waals surface area contributed by atoms with E-state index in [-0.39, 0.29) is 28.6 Å². The van der Waals surface area contributed by atoms with Gasteiger partial charge in [-0.15, -0.1) is 0 Å². The van der Waals surface area contributed by atoms with E-state index in [1.165, 1.54) is 0 Å². The monoisotopic (exact) mass is 325 g/mol. The molecule has 3 heteroatoms. The highest BCUT2D eigenvalue weighted by Crippen LogP contribution is 2.45. The first-order valence-corrected chi connectivity index (χ1v) is 9.12.